The van der Waals surface area contributed by atoms with Gasteiger partial charge in [-0.25, -0.2) is 0 Å². The van der Waals surface area contributed by atoms with Crippen molar-refractivity contribution in [3.63, 3.8) is 0 Å². The Morgan fingerprint density at radius 1 is 1.47 bits per heavy atom. The fourth-order valence-electron chi connectivity index (χ4n) is 2.38. The van der Waals surface area contributed by atoms with Crippen LogP contribution in [0.4, 0.5) is 0 Å². The van der Waals surface area contributed by atoms with Crippen molar-refractivity contribution in [2.75, 3.05) is 13.1 Å². The van der Waals surface area contributed by atoms with E-state index in [4.69, 9.17) is 5.21 Å². The maximum atomic E-state index is 12.4. The van der Waals surface area contributed by atoms with Crippen LogP contribution < -0.4 is 0 Å². The third kappa shape index (κ3) is 2.54. The molecule has 1 aromatic rings. The van der Waals surface area contributed by atoms with Crippen LogP contribution in [-0.2, 0) is 0 Å². The number of carbonyl (C=O) groups excluding carboxylic acids is 1. The monoisotopic (exact) mass is 262 g/mol. The van der Waals surface area contributed by atoms with Crippen LogP contribution in [0.15, 0.2) is 23.4 Å². The molecule has 0 bridgehead atoms. The molecule has 2 rings (SSSR count). The second-order valence-corrected chi connectivity index (χ2v) is 4.94. The van der Waals surface area contributed by atoms with E-state index in [0.717, 1.165) is 5.71 Å². The molecule has 0 aromatic heterocycles. The summed E-state index contributed by atoms with van der Waals surface area (Å²) in [5.41, 5.74) is 1.86. The normalized spacial score (nSPS) is 21.7. The number of hydrogen-bond acceptors (Lipinski definition) is 4. The molecule has 1 amide bonds. The van der Waals surface area contributed by atoms with Gasteiger partial charge in [0.1, 0.15) is 5.75 Å². The van der Waals surface area contributed by atoms with Crippen molar-refractivity contribution in [2.24, 2.45) is 11.1 Å². The average molecular weight is 262 g/mol. The van der Waals surface area contributed by atoms with Crippen LogP contribution in [0, 0.1) is 12.8 Å². The molecule has 5 nitrogen and oxygen atoms in total. The molecule has 5 heteroatoms. The molecule has 0 saturated carbocycles. The van der Waals surface area contributed by atoms with Crippen molar-refractivity contribution in [1.29, 1.82) is 0 Å². The lowest BCUT2D eigenvalue weighted by atomic mass is 9.96. The van der Waals surface area contributed by atoms with Crippen molar-refractivity contribution >= 4 is 11.6 Å². The first-order chi connectivity index (χ1) is 9.04. The van der Waals surface area contributed by atoms with Crippen molar-refractivity contribution in [3.8, 4) is 5.75 Å². The van der Waals surface area contributed by atoms with E-state index in [1.807, 2.05) is 6.92 Å². The summed E-state index contributed by atoms with van der Waals surface area (Å²) in [4.78, 5) is 14.2. The predicted molar refractivity (Wildman–Crippen MR) is 71.7 cm³/mol. The van der Waals surface area contributed by atoms with Crippen LogP contribution in [0.1, 0.15) is 29.3 Å². The van der Waals surface area contributed by atoms with E-state index >= 15 is 0 Å². The van der Waals surface area contributed by atoms with Gasteiger partial charge in [-0.3, -0.25) is 4.79 Å². The molecule has 1 unspecified atom stereocenters. The number of aromatic hydroxyl groups is 1. The SMILES string of the molecule is Cc1c(O)cccc1C(=O)N1CC/C(=N\O)C(C)C1. The highest BCUT2D eigenvalue weighted by molar-refractivity contribution is 5.98. The Labute approximate surface area is 112 Å². The molecular weight excluding hydrogens is 244 g/mol. The van der Waals surface area contributed by atoms with Crippen LogP contribution >= 0.6 is 0 Å². The summed E-state index contributed by atoms with van der Waals surface area (Å²) < 4.78 is 0. The Morgan fingerprint density at radius 2 is 2.21 bits per heavy atom. The summed E-state index contributed by atoms with van der Waals surface area (Å²) in [5.74, 6) is 0.103. The Kier molecular flexibility index (Phi) is 3.74. The first-order valence-electron chi connectivity index (χ1n) is 6.33. The minimum Gasteiger partial charge on any atom is -0.508 e. The quantitative estimate of drug-likeness (QED) is 0.600. The summed E-state index contributed by atoms with van der Waals surface area (Å²) in [6.45, 7) is 4.74. The fraction of sp³-hybridized carbons (Fsp3) is 0.429. The van der Waals surface area contributed by atoms with Gasteiger partial charge in [-0.05, 0) is 19.1 Å². The van der Waals surface area contributed by atoms with Crippen molar-refractivity contribution in [3.05, 3.63) is 29.3 Å². The van der Waals surface area contributed by atoms with Gasteiger partial charge in [-0.2, -0.15) is 0 Å². The summed E-state index contributed by atoms with van der Waals surface area (Å²) in [6, 6.07) is 4.96. The zero-order valence-electron chi connectivity index (χ0n) is 11.1. The summed E-state index contributed by atoms with van der Waals surface area (Å²) in [7, 11) is 0. The number of phenolic OH excluding ortho intramolecular Hbond substituents is 1. The maximum absolute atomic E-state index is 12.4. The van der Waals surface area contributed by atoms with E-state index in [9.17, 15) is 9.90 Å². The minimum absolute atomic E-state index is 0.0558. The van der Waals surface area contributed by atoms with Crippen LogP contribution in [-0.4, -0.2) is 39.9 Å². The Bertz CT molecular complexity index is 525. The molecule has 2 N–H and O–H groups in total. The standard InChI is InChI=1S/C14H18N2O3/c1-9-8-16(7-6-12(9)15-19)14(18)11-4-3-5-13(17)10(11)2/h3-5,9,17,19H,6-8H2,1-2H3/b15-12+. The van der Waals surface area contributed by atoms with Gasteiger partial charge in [-0.15, -0.1) is 0 Å². The van der Waals surface area contributed by atoms with Crippen LogP contribution in [0.2, 0.25) is 0 Å². The van der Waals surface area contributed by atoms with Crippen LogP contribution in [0.25, 0.3) is 0 Å². The zero-order chi connectivity index (χ0) is 14.0. The zero-order valence-corrected chi connectivity index (χ0v) is 11.1. The van der Waals surface area contributed by atoms with Gasteiger partial charge >= 0.3 is 0 Å². The van der Waals surface area contributed by atoms with E-state index in [2.05, 4.69) is 5.16 Å². The first-order valence-corrected chi connectivity index (χ1v) is 6.33. The highest BCUT2D eigenvalue weighted by Crippen LogP contribution is 2.23. The average Bonchev–Trinajstić information content (AvgIpc) is 2.41. The number of carbonyl (C=O) groups is 1. The lowest BCUT2D eigenvalue weighted by molar-refractivity contribution is 0.0732. The third-order valence-electron chi connectivity index (χ3n) is 3.65. The number of hydrogen-bond donors (Lipinski definition) is 2. The van der Waals surface area contributed by atoms with E-state index < -0.39 is 0 Å². The minimum atomic E-state index is -0.0859. The number of piperidine rings is 1. The molecule has 0 radical (unpaired) electrons. The number of phenols is 1. The van der Waals surface area contributed by atoms with Crippen molar-refractivity contribution in [2.45, 2.75) is 20.3 Å². The van der Waals surface area contributed by atoms with E-state index in [-0.39, 0.29) is 17.6 Å². The molecule has 1 saturated heterocycles. The lowest BCUT2D eigenvalue weighted by Gasteiger charge is -2.31. The molecule has 1 atom stereocenters. The number of likely N-dealkylation sites (tertiary alicyclic amines) is 1. The number of oxime groups is 1. The lowest BCUT2D eigenvalue weighted by Crippen LogP contribution is -2.43. The number of benzene rings is 1. The highest BCUT2D eigenvalue weighted by Gasteiger charge is 2.27. The van der Waals surface area contributed by atoms with Crippen LogP contribution in [0.3, 0.4) is 0 Å². The highest BCUT2D eigenvalue weighted by atomic mass is 16.4. The summed E-state index contributed by atoms with van der Waals surface area (Å²) in [5, 5.41) is 21.8. The molecule has 1 heterocycles. The Balaban J connectivity index is 2.19. The second kappa shape index (κ2) is 5.30. The van der Waals surface area contributed by atoms with Gasteiger partial charge in [0, 0.05) is 36.6 Å². The molecule has 0 aliphatic carbocycles. The second-order valence-electron chi connectivity index (χ2n) is 4.94. The van der Waals surface area contributed by atoms with Crippen LogP contribution in [0.5, 0.6) is 5.75 Å². The van der Waals surface area contributed by atoms with Gasteiger partial charge in [0.05, 0.1) is 5.71 Å². The largest absolute Gasteiger partial charge is 0.508 e. The molecule has 1 aliphatic heterocycles. The van der Waals surface area contributed by atoms with Crippen molar-refractivity contribution in [1.82, 2.24) is 4.90 Å². The number of amides is 1. The Morgan fingerprint density at radius 3 is 2.84 bits per heavy atom. The van der Waals surface area contributed by atoms with E-state index in [0.29, 0.717) is 30.6 Å². The number of rotatable bonds is 1. The predicted octanol–water partition coefficient (Wildman–Crippen LogP) is 2.01. The smallest absolute Gasteiger partial charge is 0.254 e. The number of nitrogens with zero attached hydrogens (tertiary/aromatic N) is 2. The summed E-state index contributed by atoms with van der Waals surface area (Å²) in [6.07, 6.45) is 0.585. The third-order valence-corrected chi connectivity index (χ3v) is 3.65. The molecule has 1 aromatic carbocycles. The maximum Gasteiger partial charge on any atom is 0.254 e. The van der Waals surface area contributed by atoms with E-state index in [1.54, 1.807) is 30.0 Å². The van der Waals surface area contributed by atoms with Gasteiger partial charge in [-0.1, -0.05) is 18.1 Å². The fourth-order valence-corrected chi connectivity index (χ4v) is 2.38. The summed E-state index contributed by atoms with van der Waals surface area (Å²) >= 11 is 0. The topological polar surface area (TPSA) is 73.1 Å². The molecule has 1 aliphatic rings. The van der Waals surface area contributed by atoms with Gasteiger partial charge in [0.15, 0.2) is 0 Å². The van der Waals surface area contributed by atoms with E-state index in [1.165, 1.54) is 0 Å². The molecule has 0 spiro atoms. The molecule has 1 fully saturated rings. The van der Waals surface area contributed by atoms with Gasteiger partial charge in [0.2, 0.25) is 0 Å². The molecule has 19 heavy (non-hydrogen) atoms. The van der Waals surface area contributed by atoms with Crippen molar-refractivity contribution < 1.29 is 15.1 Å². The molecular formula is C14H18N2O3. The van der Waals surface area contributed by atoms with Gasteiger partial charge in [0.25, 0.3) is 5.91 Å². The first kappa shape index (κ1) is 13.4. The molecule has 102 valence electrons. The van der Waals surface area contributed by atoms with Gasteiger partial charge < -0.3 is 15.2 Å². The Hall–Kier alpha value is -2.04.